The van der Waals surface area contributed by atoms with E-state index in [1.807, 2.05) is 42.5 Å². The second-order valence-electron chi connectivity index (χ2n) is 7.85. The summed E-state index contributed by atoms with van der Waals surface area (Å²) in [5.41, 5.74) is 2.03. The van der Waals surface area contributed by atoms with Gasteiger partial charge in [-0.2, -0.15) is 0 Å². The first-order valence-corrected chi connectivity index (χ1v) is 11.4. The van der Waals surface area contributed by atoms with Crippen molar-refractivity contribution < 1.29 is 14.3 Å². The summed E-state index contributed by atoms with van der Waals surface area (Å²) >= 11 is 3.42. The van der Waals surface area contributed by atoms with Gasteiger partial charge in [-0.05, 0) is 61.3 Å². The third-order valence-corrected chi connectivity index (χ3v) is 6.12. The first-order chi connectivity index (χ1) is 15.0. The minimum absolute atomic E-state index is 0.0891. The van der Waals surface area contributed by atoms with Gasteiger partial charge in [0.15, 0.2) is 0 Å². The van der Waals surface area contributed by atoms with Crippen LogP contribution in [0.1, 0.15) is 49.4 Å². The number of likely N-dealkylation sites (tertiary alicyclic amines) is 1. The number of halogens is 1. The highest BCUT2D eigenvalue weighted by Crippen LogP contribution is 2.27. The first kappa shape index (κ1) is 23.3. The van der Waals surface area contributed by atoms with E-state index in [9.17, 15) is 9.59 Å². The number of nitrogens with one attached hydrogen (secondary N) is 2. The molecule has 1 aliphatic heterocycles. The highest BCUT2D eigenvalue weighted by molar-refractivity contribution is 9.10. The molecule has 2 atom stereocenters. The van der Waals surface area contributed by atoms with Crippen LogP contribution in [-0.2, 0) is 9.59 Å². The number of ether oxygens (including phenoxy) is 1. The van der Waals surface area contributed by atoms with Crippen LogP contribution < -0.4 is 15.4 Å². The fourth-order valence-electron chi connectivity index (χ4n) is 4.02. The van der Waals surface area contributed by atoms with Crippen LogP contribution in [0.3, 0.4) is 0 Å². The molecular weight excluding hydrogens is 458 g/mol. The van der Waals surface area contributed by atoms with E-state index in [0.717, 1.165) is 34.4 Å². The van der Waals surface area contributed by atoms with E-state index in [4.69, 9.17) is 4.74 Å². The zero-order valence-electron chi connectivity index (χ0n) is 18.1. The lowest BCUT2D eigenvalue weighted by Gasteiger charge is -2.29. The topological polar surface area (TPSA) is 70.7 Å². The van der Waals surface area contributed by atoms with Gasteiger partial charge in [-0.3, -0.25) is 14.5 Å². The minimum Gasteiger partial charge on any atom is -0.497 e. The summed E-state index contributed by atoms with van der Waals surface area (Å²) < 4.78 is 6.34. The van der Waals surface area contributed by atoms with E-state index in [1.165, 1.54) is 19.8 Å². The second-order valence-corrected chi connectivity index (χ2v) is 8.76. The van der Waals surface area contributed by atoms with Crippen molar-refractivity contribution in [3.05, 3.63) is 64.1 Å². The Labute approximate surface area is 192 Å². The van der Waals surface area contributed by atoms with Crippen molar-refractivity contribution in [3.63, 3.8) is 0 Å². The molecule has 1 aliphatic rings. The molecule has 1 fully saturated rings. The molecule has 0 radical (unpaired) electrons. The van der Waals surface area contributed by atoms with Gasteiger partial charge in [0.05, 0.1) is 25.6 Å². The molecule has 0 spiro atoms. The molecule has 31 heavy (non-hydrogen) atoms. The first-order valence-electron chi connectivity index (χ1n) is 10.6. The molecule has 3 rings (SSSR count). The molecule has 2 unspecified atom stereocenters. The number of carbonyl (C=O) groups excluding carboxylic acids is 2. The maximum atomic E-state index is 12.8. The number of rotatable bonds is 9. The van der Waals surface area contributed by atoms with Gasteiger partial charge in [-0.15, -0.1) is 0 Å². The lowest BCUT2D eigenvalue weighted by Crippen LogP contribution is -2.38. The summed E-state index contributed by atoms with van der Waals surface area (Å²) in [6, 6.07) is 15.4. The Morgan fingerprint density at radius 2 is 1.81 bits per heavy atom. The summed E-state index contributed by atoms with van der Waals surface area (Å²) in [5, 5.41) is 5.99. The van der Waals surface area contributed by atoms with E-state index >= 15 is 0 Å². The Kier molecular flexibility index (Phi) is 8.49. The van der Waals surface area contributed by atoms with Crippen molar-refractivity contribution in [1.29, 1.82) is 0 Å². The van der Waals surface area contributed by atoms with Gasteiger partial charge < -0.3 is 15.4 Å². The van der Waals surface area contributed by atoms with E-state index in [2.05, 4.69) is 37.5 Å². The summed E-state index contributed by atoms with van der Waals surface area (Å²) in [6.07, 6.45) is 2.53. The molecule has 7 heteroatoms. The van der Waals surface area contributed by atoms with Crippen LogP contribution in [0.5, 0.6) is 5.75 Å². The number of benzene rings is 2. The summed E-state index contributed by atoms with van der Waals surface area (Å²) in [5.74, 6) is 0.565. The van der Waals surface area contributed by atoms with Crippen LogP contribution in [0.15, 0.2) is 53.0 Å². The van der Waals surface area contributed by atoms with Crippen LogP contribution in [0.2, 0.25) is 0 Å². The second kappa shape index (κ2) is 11.3. The lowest BCUT2D eigenvalue weighted by atomic mass is 10.0. The number of methoxy groups -OCH3 is 1. The van der Waals surface area contributed by atoms with Crippen molar-refractivity contribution in [2.45, 2.75) is 38.3 Å². The minimum atomic E-state index is -0.368. The van der Waals surface area contributed by atoms with Gasteiger partial charge >= 0.3 is 0 Å². The predicted octanol–water partition coefficient (Wildman–Crippen LogP) is 3.98. The molecule has 0 aromatic heterocycles. The standard InChI is InChI=1S/C24H30BrN3O3/c1-17(29)27-22(18-8-10-20(25)11-9-18)15-24(30)26-16-23(28-12-3-4-13-28)19-6-5-7-21(14-19)31-2/h5-11,14,22-23H,3-4,12-13,15-16H2,1-2H3,(H,26,30)(H,27,29). The molecule has 166 valence electrons. The lowest BCUT2D eigenvalue weighted by molar-refractivity contribution is -0.123. The number of hydrogen-bond acceptors (Lipinski definition) is 4. The van der Waals surface area contributed by atoms with Crippen LogP contribution in [0.4, 0.5) is 0 Å². The van der Waals surface area contributed by atoms with Crippen LogP contribution >= 0.6 is 15.9 Å². The summed E-state index contributed by atoms with van der Waals surface area (Å²) in [6.45, 7) is 4.02. The van der Waals surface area contributed by atoms with Crippen molar-refractivity contribution in [3.8, 4) is 5.75 Å². The van der Waals surface area contributed by atoms with Gasteiger partial charge in [0.25, 0.3) is 0 Å². The zero-order chi connectivity index (χ0) is 22.2. The molecule has 6 nitrogen and oxygen atoms in total. The molecular formula is C24H30BrN3O3. The van der Waals surface area contributed by atoms with E-state index in [1.54, 1.807) is 7.11 Å². The van der Waals surface area contributed by atoms with Crippen LogP contribution in [-0.4, -0.2) is 43.5 Å². The Morgan fingerprint density at radius 1 is 1.10 bits per heavy atom. The fourth-order valence-corrected chi connectivity index (χ4v) is 4.28. The summed E-state index contributed by atoms with van der Waals surface area (Å²) in [4.78, 5) is 26.9. The maximum Gasteiger partial charge on any atom is 0.222 e. The van der Waals surface area contributed by atoms with Crippen molar-refractivity contribution in [2.24, 2.45) is 0 Å². The Balaban J connectivity index is 1.68. The van der Waals surface area contributed by atoms with Gasteiger partial charge in [0.1, 0.15) is 5.75 Å². The number of amides is 2. The normalized spacial score (nSPS) is 15.8. The number of hydrogen-bond donors (Lipinski definition) is 2. The third-order valence-electron chi connectivity index (χ3n) is 5.59. The fraction of sp³-hybridized carbons (Fsp3) is 0.417. The van der Waals surface area contributed by atoms with Gasteiger partial charge in [-0.25, -0.2) is 0 Å². The Bertz CT molecular complexity index is 882. The highest BCUT2D eigenvalue weighted by Gasteiger charge is 2.25. The average molecular weight is 488 g/mol. The van der Waals surface area contributed by atoms with Crippen molar-refractivity contribution >= 4 is 27.7 Å². The molecule has 0 bridgehead atoms. The molecule has 2 amide bonds. The summed E-state index contributed by atoms with van der Waals surface area (Å²) in [7, 11) is 1.66. The molecule has 0 aliphatic carbocycles. The maximum absolute atomic E-state index is 12.8. The van der Waals surface area contributed by atoms with E-state index < -0.39 is 0 Å². The van der Waals surface area contributed by atoms with Gasteiger partial charge in [-0.1, -0.05) is 40.2 Å². The number of carbonyl (C=O) groups is 2. The SMILES string of the molecule is COc1cccc(C(CNC(=O)CC(NC(C)=O)c2ccc(Br)cc2)N2CCCC2)c1. The molecule has 1 heterocycles. The average Bonchev–Trinajstić information content (AvgIpc) is 3.28. The Morgan fingerprint density at radius 3 is 2.45 bits per heavy atom. The predicted molar refractivity (Wildman–Crippen MR) is 125 cm³/mol. The van der Waals surface area contributed by atoms with Crippen LogP contribution in [0, 0.1) is 0 Å². The molecule has 2 N–H and O–H groups in total. The molecule has 2 aromatic carbocycles. The van der Waals surface area contributed by atoms with Gasteiger partial charge in [0, 0.05) is 17.9 Å². The van der Waals surface area contributed by atoms with Crippen LogP contribution in [0.25, 0.3) is 0 Å². The zero-order valence-corrected chi connectivity index (χ0v) is 19.7. The molecule has 0 saturated carbocycles. The highest BCUT2D eigenvalue weighted by atomic mass is 79.9. The quantitative estimate of drug-likeness (QED) is 0.561. The van der Waals surface area contributed by atoms with Crippen molar-refractivity contribution in [2.75, 3.05) is 26.7 Å². The molecule has 1 saturated heterocycles. The van der Waals surface area contributed by atoms with E-state index in [0.29, 0.717) is 6.54 Å². The van der Waals surface area contributed by atoms with Gasteiger partial charge in [0.2, 0.25) is 11.8 Å². The third kappa shape index (κ3) is 6.80. The number of nitrogens with zero attached hydrogens (tertiary/aromatic N) is 1. The monoisotopic (exact) mass is 487 g/mol. The van der Waals surface area contributed by atoms with E-state index in [-0.39, 0.29) is 30.3 Å². The smallest absolute Gasteiger partial charge is 0.222 e. The van der Waals surface area contributed by atoms with Crippen molar-refractivity contribution in [1.82, 2.24) is 15.5 Å². The Hall–Kier alpha value is -2.38. The largest absolute Gasteiger partial charge is 0.497 e. The molecule has 2 aromatic rings.